The molecule has 0 fully saturated rings. The number of aromatic nitrogens is 2. The first-order chi connectivity index (χ1) is 8.22. The van der Waals surface area contributed by atoms with Gasteiger partial charge in [-0.3, -0.25) is 0 Å². The highest BCUT2D eigenvalue weighted by atomic mass is 35.5. The van der Waals surface area contributed by atoms with Crippen molar-refractivity contribution in [3.05, 3.63) is 46.9 Å². The summed E-state index contributed by atoms with van der Waals surface area (Å²) < 4.78 is 1.91. The van der Waals surface area contributed by atoms with Gasteiger partial charge in [-0.05, 0) is 19.1 Å². The van der Waals surface area contributed by atoms with Crippen LogP contribution in [-0.4, -0.2) is 14.5 Å². The Kier molecular flexibility index (Phi) is 2.31. The Morgan fingerprint density at radius 2 is 2.12 bits per heavy atom. The zero-order chi connectivity index (χ0) is 12.0. The summed E-state index contributed by atoms with van der Waals surface area (Å²) in [7, 11) is 0. The van der Waals surface area contributed by atoms with Gasteiger partial charge in [0.2, 0.25) is 0 Å². The third kappa shape index (κ3) is 1.43. The number of rotatable bonds is 1. The van der Waals surface area contributed by atoms with E-state index in [1.165, 1.54) is 0 Å². The second-order valence-electron chi connectivity index (χ2n) is 4.01. The van der Waals surface area contributed by atoms with Crippen LogP contribution in [0.15, 0.2) is 30.5 Å². The van der Waals surface area contributed by atoms with E-state index in [-0.39, 0.29) is 6.61 Å². The molecule has 2 heterocycles. The van der Waals surface area contributed by atoms with Crippen molar-refractivity contribution in [3.8, 4) is 0 Å². The summed E-state index contributed by atoms with van der Waals surface area (Å²) in [6.45, 7) is 1.88. The van der Waals surface area contributed by atoms with Gasteiger partial charge in [-0.15, -0.1) is 0 Å². The molecule has 0 aliphatic heterocycles. The van der Waals surface area contributed by atoms with Crippen LogP contribution in [0.5, 0.6) is 0 Å². The minimum atomic E-state index is -0.0148. The normalized spacial score (nSPS) is 11.5. The van der Waals surface area contributed by atoms with Gasteiger partial charge in [0.25, 0.3) is 0 Å². The number of aliphatic hydroxyl groups excluding tert-OH is 1. The minimum Gasteiger partial charge on any atom is -0.390 e. The van der Waals surface area contributed by atoms with Crippen LogP contribution in [0, 0.1) is 6.92 Å². The fourth-order valence-electron chi connectivity index (χ4n) is 2.17. The number of nitrogens with zero attached hydrogens (tertiary/aromatic N) is 2. The summed E-state index contributed by atoms with van der Waals surface area (Å²) in [5, 5.41) is 12.0. The molecule has 1 aromatic carbocycles. The molecule has 0 radical (unpaired) electrons. The van der Waals surface area contributed by atoms with Crippen molar-refractivity contribution in [2.75, 3.05) is 0 Å². The highest BCUT2D eigenvalue weighted by Gasteiger charge is 2.11. The lowest BCUT2D eigenvalue weighted by atomic mass is 10.2. The van der Waals surface area contributed by atoms with Crippen LogP contribution >= 0.6 is 11.6 Å². The first kappa shape index (κ1) is 10.6. The van der Waals surface area contributed by atoms with Crippen LogP contribution in [0.25, 0.3) is 16.4 Å². The summed E-state index contributed by atoms with van der Waals surface area (Å²) in [5.41, 5.74) is 2.51. The number of fused-ring (bicyclic) bond motifs is 3. The van der Waals surface area contributed by atoms with Crippen molar-refractivity contribution in [2.24, 2.45) is 0 Å². The van der Waals surface area contributed by atoms with Crippen molar-refractivity contribution in [1.82, 2.24) is 9.38 Å². The Labute approximate surface area is 103 Å². The lowest BCUT2D eigenvalue weighted by Crippen LogP contribution is -1.93. The fraction of sp³-hybridized carbons (Fsp3) is 0.154. The molecule has 0 aliphatic rings. The first-order valence-corrected chi connectivity index (χ1v) is 5.76. The van der Waals surface area contributed by atoms with Gasteiger partial charge in [0.05, 0.1) is 18.0 Å². The van der Waals surface area contributed by atoms with E-state index in [1.54, 1.807) is 0 Å². The molecule has 0 bridgehead atoms. The Bertz CT molecular complexity index is 718. The number of halogens is 1. The Hall–Kier alpha value is -1.58. The summed E-state index contributed by atoms with van der Waals surface area (Å²) in [6.07, 6.45) is 1.90. The smallest absolute Gasteiger partial charge is 0.145 e. The monoisotopic (exact) mass is 246 g/mol. The van der Waals surface area contributed by atoms with Crippen LogP contribution < -0.4 is 0 Å². The Balaban J connectivity index is 2.53. The maximum Gasteiger partial charge on any atom is 0.145 e. The van der Waals surface area contributed by atoms with Crippen molar-refractivity contribution in [1.29, 1.82) is 0 Å². The number of aliphatic hydroxyl groups is 1. The van der Waals surface area contributed by atoms with Crippen LogP contribution in [0.4, 0.5) is 0 Å². The molecule has 86 valence electrons. The van der Waals surface area contributed by atoms with E-state index < -0.39 is 0 Å². The standard InChI is InChI=1S/C13H11ClN2O/c1-8-12(7-17)16-6-5-9-10(13(16)15-8)3-2-4-11(9)14/h2-6,17H,7H2,1H3. The van der Waals surface area contributed by atoms with Crippen molar-refractivity contribution in [3.63, 3.8) is 0 Å². The molecule has 0 spiro atoms. The first-order valence-electron chi connectivity index (χ1n) is 5.38. The molecule has 0 saturated heterocycles. The molecule has 0 aliphatic carbocycles. The van der Waals surface area contributed by atoms with E-state index in [0.29, 0.717) is 0 Å². The number of hydrogen-bond acceptors (Lipinski definition) is 2. The third-order valence-electron chi connectivity index (χ3n) is 3.04. The van der Waals surface area contributed by atoms with Gasteiger partial charge in [0, 0.05) is 22.0 Å². The zero-order valence-electron chi connectivity index (χ0n) is 9.31. The number of hydrogen-bond donors (Lipinski definition) is 1. The molecule has 0 amide bonds. The highest BCUT2D eigenvalue weighted by Crippen LogP contribution is 2.27. The van der Waals surface area contributed by atoms with E-state index in [9.17, 15) is 5.11 Å². The maximum absolute atomic E-state index is 9.35. The van der Waals surface area contributed by atoms with Crippen molar-refractivity contribution in [2.45, 2.75) is 13.5 Å². The molecular weight excluding hydrogens is 236 g/mol. The van der Waals surface area contributed by atoms with Gasteiger partial charge in [-0.2, -0.15) is 0 Å². The van der Waals surface area contributed by atoms with Gasteiger partial charge in [-0.1, -0.05) is 23.7 Å². The summed E-state index contributed by atoms with van der Waals surface area (Å²) in [4.78, 5) is 4.50. The zero-order valence-corrected chi connectivity index (χ0v) is 10.1. The molecule has 2 aromatic heterocycles. The van der Waals surface area contributed by atoms with E-state index in [1.807, 2.05) is 41.8 Å². The molecule has 4 heteroatoms. The van der Waals surface area contributed by atoms with Crippen LogP contribution in [0.1, 0.15) is 11.4 Å². The van der Waals surface area contributed by atoms with Crippen LogP contribution in [-0.2, 0) is 6.61 Å². The second kappa shape index (κ2) is 3.72. The summed E-state index contributed by atoms with van der Waals surface area (Å²) in [5.74, 6) is 0. The van der Waals surface area contributed by atoms with Crippen LogP contribution in [0.3, 0.4) is 0 Å². The molecule has 3 aromatic rings. The van der Waals surface area contributed by atoms with Gasteiger partial charge >= 0.3 is 0 Å². The third-order valence-corrected chi connectivity index (χ3v) is 3.37. The number of pyridine rings is 1. The fourth-order valence-corrected chi connectivity index (χ4v) is 2.41. The highest BCUT2D eigenvalue weighted by molar-refractivity contribution is 6.35. The molecule has 0 atom stereocenters. The van der Waals surface area contributed by atoms with E-state index >= 15 is 0 Å². The second-order valence-corrected chi connectivity index (χ2v) is 4.42. The van der Waals surface area contributed by atoms with Gasteiger partial charge in [0.15, 0.2) is 0 Å². The molecule has 0 saturated carbocycles. The van der Waals surface area contributed by atoms with Crippen LogP contribution in [0.2, 0.25) is 5.02 Å². The predicted octanol–water partition coefficient (Wildman–Crippen LogP) is 2.94. The molecule has 17 heavy (non-hydrogen) atoms. The van der Waals surface area contributed by atoms with E-state index in [0.717, 1.165) is 32.8 Å². The average molecular weight is 247 g/mol. The quantitative estimate of drug-likeness (QED) is 0.717. The average Bonchev–Trinajstić information content (AvgIpc) is 2.65. The molecule has 3 nitrogen and oxygen atoms in total. The molecular formula is C13H11ClN2O. The summed E-state index contributed by atoms with van der Waals surface area (Å²) >= 11 is 6.15. The van der Waals surface area contributed by atoms with Gasteiger partial charge in [0.1, 0.15) is 5.65 Å². The lowest BCUT2D eigenvalue weighted by molar-refractivity contribution is 0.275. The van der Waals surface area contributed by atoms with E-state index in [4.69, 9.17) is 11.6 Å². The van der Waals surface area contributed by atoms with Crippen molar-refractivity contribution < 1.29 is 5.11 Å². The lowest BCUT2D eigenvalue weighted by Gasteiger charge is -2.03. The van der Waals surface area contributed by atoms with Gasteiger partial charge < -0.3 is 9.51 Å². The number of benzene rings is 1. The molecule has 0 unspecified atom stereocenters. The number of aryl methyl sites for hydroxylation is 1. The SMILES string of the molecule is Cc1nc2c3cccc(Cl)c3ccn2c1CO. The van der Waals surface area contributed by atoms with Crippen molar-refractivity contribution >= 4 is 28.0 Å². The topological polar surface area (TPSA) is 37.5 Å². The molecule has 3 rings (SSSR count). The van der Waals surface area contributed by atoms with Gasteiger partial charge in [-0.25, -0.2) is 4.98 Å². The van der Waals surface area contributed by atoms with E-state index in [2.05, 4.69) is 4.98 Å². The molecule has 1 N–H and O–H groups in total. The summed E-state index contributed by atoms with van der Waals surface area (Å²) in [6, 6.07) is 7.71. The predicted molar refractivity (Wildman–Crippen MR) is 68.4 cm³/mol. The largest absolute Gasteiger partial charge is 0.390 e. The Morgan fingerprint density at radius 3 is 2.88 bits per heavy atom. The Morgan fingerprint density at radius 1 is 1.29 bits per heavy atom. The number of imidazole rings is 1. The maximum atomic E-state index is 9.35. The minimum absolute atomic E-state index is 0.0148.